The first kappa shape index (κ1) is 20.5. The molecule has 2 aromatic carbocycles. The summed E-state index contributed by atoms with van der Waals surface area (Å²) in [7, 11) is 3.21. The number of nitrogens with one attached hydrogen (secondary N) is 1. The predicted molar refractivity (Wildman–Crippen MR) is 116 cm³/mol. The summed E-state index contributed by atoms with van der Waals surface area (Å²) >= 11 is 0. The Morgan fingerprint density at radius 3 is 2.48 bits per heavy atom. The zero-order valence-electron chi connectivity index (χ0n) is 17.5. The highest BCUT2D eigenvalue weighted by molar-refractivity contribution is 6.08. The molecule has 0 bridgehead atoms. The van der Waals surface area contributed by atoms with Crippen molar-refractivity contribution in [3.63, 3.8) is 0 Å². The highest BCUT2D eigenvalue weighted by Crippen LogP contribution is 2.33. The van der Waals surface area contributed by atoms with Gasteiger partial charge < -0.3 is 20.5 Å². The van der Waals surface area contributed by atoms with Gasteiger partial charge in [-0.05, 0) is 36.8 Å². The number of pyridine rings is 1. The molecule has 0 aliphatic carbocycles. The Balaban J connectivity index is 1.85. The van der Waals surface area contributed by atoms with Crippen molar-refractivity contribution in [1.29, 1.82) is 0 Å². The molecule has 3 N–H and O–H groups in total. The van der Waals surface area contributed by atoms with Crippen LogP contribution in [-0.2, 0) is 5.41 Å². The van der Waals surface area contributed by atoms with Crippen molar-refractivity contribution in [1.82, 2.24) is 10.3 Å². The zero-order valence-corrected chi connectivity index (χ0v) is 17.5. The SMILES string of the molecule is COc1ccc(C(C)(C)CNC(=O)c2nc(C)cc3c(N)cccc23)cc1OC. The molecule has 1 heterocycles. The number of ether oxygens (including phenoxy) is 2. The number of carbonyl (C=O) groups excluding carboxylic acids is 1. The molecule has 0 saturated heterocycles. The van der Waals surface area contributed by atoms with Gasteiger partial charge in [0.05, 0.1) is 14.2 Å². The van der Waals surface area contributed by atoms with Gasteiger partial charge in [-0.1, -0.05) is 32.0 Å². The molecule has 0 aliphatic rings. The molecular formula is C23H27N3O3. The number of nitrogens with two attached hydrogens (primary N) is 1. The highest BCUT2D eigenvalue weighted by Gasteiger charge is 2.24. The number of hydrogen-bond acceptors (Lipinski definition) is 5. The van der Waals surface area contributed by atoms with Gasteiger partial charge in [-0.3, -0.25) is 4.79 Å². The largest absolute Gasteiger partial charge is 0.493 e. The number of hydrogen-bond donors (Lipinski definition) is 2. The molecule has 0 atom stereocenters. The molecule has 0 fully saturated rings. The van der Waals surface area contributed by atoms with Gasteiger partial charge in [0.1, 0.15) is 5.69 Å². The lowest BCUT2D eigenvalue weighted by atomic mass is 9.84. The minimum atomic E-state index is -0.326. The number of fused-ring (bicyclic) bond motifs is 1. The third-order valence-electron chi connectivity index (χ3n) is 5.11. The van der Waals surface area contributed by atoms with E-state index in [0.717, 1.165) is 22.0 Å². The number of nitrogen functional groups attached to an aromatic ring is 1. The normalized spacial score (nSPS) is 11.3. The molecule has 1 amide bonds. The fourth-order valence-electron chi connectivity index (χ4n) is 3.35. The smallest absolute Gasteiger partial charge is 0.270 e. The maximum atomic E-state index is 13.0. The first-order valence-corrected chi connectivity index (χ1v) is 9.43. The van der Waals surface area contributed by atoms with Gasteiger partial charge in [-0.15, -0.1) is 0 Å². The van der Waals surface area contributed by atoms with Crippen LogP contribution < -0.4 is 20.5 Å². The van der Waals surface area contributed by atoms with E-state index in [1.165, 1.54) is 0 Å². The van der Waals surface area contributed by atoms with Crippen LogP contribution in [0.3, 0.4) is 0 Å². The van der Waals surface area contributed by atoms with E-state index in [1.807, 2.05) is 49.4 Å². The molecule has 3 aromatic rings. The summed E-state index contributed by atoms with van der Waals surface area (Å²) in [5, 5.41) is 4.61. The summed E-state index contributed by atoms with van der Waals surface area (Å²) < 4.78 is 10.7. The average Bonchev–Trinajstić information content (AvgIpc) is 2.71. The number of aromatic nitrogens is 1. The summed E-state index contributed by atoms with van der Waals surface area (Å²) in [6.45, 7) is 6.42. The fraction of sp³-hybridized carbons (Fsp3) is 0.304. The molecule has 6 heteroatoms. The van der Waals surface area contributed by atoms with E-state index >= 15 is 0 Å². The van der Waals surface area contributed by atoms with Gasteiger partial charge in [0.2, 0.25) is 0 Å². The highest BCUT2D eigenvalue weighted by atomic mass is 16.5. The summed E-state index contributed by atoms with van der Waals surface area (Å²) in [5.41, 5.74) is 8.55. The minimum Gasteiger partial charge on any atom is -0.493 e. The van der Waals surface area contributed by atoms with Crippen molar-refractivity contribution >= 4 is 22.4 Å². The molecule has 0 radical (unpaired) electrons. The van der Waals surface area contributed by atoms with Crippen molar-refractivity contribution in [2.24, 2.45) is 0 Å². The summed E-state index contributed by atoms with van der Waals surface area (Å²) in [6.07, 6.45) is 0. The monoisotopic (exact) mass is 393 g/mol. The van der Waals surface area contributed by atoms with E-state index in [9.17, 15) is 4.79 Å². The molecule has 0 spiro atoms. The average molecular weight is 393 g/mol. The van der Waals surface area contributed by atoms with Crippen LogP contribution in [-0.4, -0.2) is 31.7 Å². The predicted octanol–water partition coefficient (Wildman–Crippen LogP) is 3.85. The van der Waals surface area contributed by atoms with Gasteiger partial charge in [0.25, 0.3) is 5.91 Å². The van der Waals surface area contributed by atoms with Crippen LogP contribution in [0.5, 0.6) is 11.5 Å². The Bertz CT molecular complexity index is 1060. The Kier molecular flexibility index (Phi) is 5.64. The molecule has 29 heavy (non-hydrogen) atoms. The molecule has 0 aliphatic heterocycles. The molecule has 0 unspecified atom stereocenters. The van der Waals surface area contributed by atoms with E-state index in [2.05, 4.69) is 24.1 Å². The fourth-order valence-corrected chi connectivity index (χ4v) is 3.35. The molecule has 152 valence electrons. The van der Waals surface area contributed by atoms with Gasteiger partial charge >= 0.3 is 0 Å². The molecule has 1 aromatic heterocycles. The van der Waals surface area contributed by atoms with E-state index in [-0.39, 0.29) is 11.3 Å². The van der Waals surface area contributed by atoms with Crippen LogP contribution >= 0.6 is 0 Å². The van der Waals surface area contributed by atoms with Crippen molar-refractivity contribution in [2.45, 2.75) is 26.2 Å². The maximum Gasteiger partial charge on any atom is 0.270 e. The number of benzene rings is 2. The lowest BCUT2D eigenvalue weighted by molar-refractivity contribution is 0.0942. The topological polar surface area (TPSA) is 86.5 Å². The maximum absolute atomic E-state index is 13.0. The lowest BCUT2D eigenvalue weighted by Crippen LogP contribution is -2.37. The Morgan fingerprint density at radius 1 is 1.07 bits per heavy atom. The Labute approximate surface area is 171 Å². The minimum absolute atomic E-state index is 0.224. The van der Waals surface area contributed by atoms with Crippen molar-refractivity contribution in [2.75, 3.05) is 26.5 Å². The summed E-state index contributed by atoms with van der Waals surface area (Å²) in [5.74, 6) is 1.10. The van der Waals surface area contributed by atoms with E-state index < -0.39 is 0 Å². The Morgan fingerprint density at radius 2 is 1.79 bits per heavy atom. The van der Waals surface area contributed by atoms with Gasteiger partial charge in [-0.25, -0.2) is 4.98 Å². The van der Waals surface area contributed by atoms with Crippen LogP contribution in [0, 0.1) is 6.92 Å². The number of amides is 1. The molecule has 3 rings (SSSR count). The van der Waals surface area contributed by atoms with Crippen molar-refractivity contribution in [3.05, 3.63) is 59.4 Å². The van der Waals surface area contributed by atoms with Gasteiger partial charge in [-0.2, -0.15) is 0 Å². The number of nitrogens with zero attached hydrogens (tertiary/aromatic N) is 1. The molecule has 6 nitrogen and oxygen atoms in total. The number of rotatable bonds is 6. The standard InChI is InChI=1S/C23H27N3O3/c1-14-11-17-16(7-6-8-18(17)24)21(26-14)22(27)25-13-23(2,3)15-9-10-19(28-4)20(12-15)29-5/h6-12H,13,24H2,1-5H3,(H,25,27). The van der Waals surface area contributed by atoms with Crippen LogP contribution in [0.2, 0.25) is 0 Å². The van der Waals surface area contributed by atoms with Crippen molar-refractivity contribution in [3.8, 4) is 11.5 Å². The second kappa shape index (κ2) is 7.99. The van der Waals surface area contributed by atoms with E-state index in [0.29, 0.717) is 29.4 Å². The molecule has 0 saturated carbocycles. The lowest BCUT2D eigenvalue weighted by Gasteiger charge is -2.26. The van der Waals surface area contributed by atoms with Crippen LogP contribution in [0.1, 0.15) is 35.6 Å². The van der Waals surface area contributed by atoms with Crippen LogP contribution in [0.15, 0.2) is 42.5 Å². The first-order valence-electron chi connectivity index (χ1n) is 9.43. The number of methoxy groups -OCH3 is 2. The number of anilines is 1. The van der Waals surface area contributed by atoms with Gasteiger partial charge in [0.15, 0.2) is 11.5 Å². The summed E-state index contributed by atoms with van der Waals surface area (Å²) in [4.78, 5) is 17.4. The van der Waals surface area contributed by atoms with Crippen molar-refractivity contribution < 1.29 is 14.3 Å². The third-order valence-corrected chi connectivity index (χ3v) is 5.11. The number of aryl methyl sites for hydroxylation is 1. The zero-order chi connectivity index (χ0) is 21.2. The van der Waals surface area contributed by atoms with Crippen LogP contribution in [0.4, 0.5) is 5.69 Å². The van der Waals surface area contributed by atoms with E-state index in [4.69, 9.17) is 15.2 Å². The second-order valence-electron chi connectivity index (χ2n) is 7.69. The second-order valence-corrected chi connectivity index (χ2v) is 7.69. The number of carbonyl (C=O) groups is 1. The Hall–Kier alpha value is -3.28. The quantitative estimate of drug-likeness (QED) is 0.621. The van der Waals surface area contributed by atoms with Crippen LogP contribution in [0.25, 0.3) is 10.8 Å². The van der Waals surface area contributed by atoms with E-state index in [1.54, 1.807) is 14.2 Å². The molecular weight excluding hydrogens is 366 g/mol. The summed E-state index contributed by atoms with van der Waals surface area (Å²) in [6, 6.07) is 13.2. The first-order chi connectivity index (χ1) is 13.8. The van der Waals surface area contributed by atoms with Gasteiger partial charge in [0, 0.05) is 34.1 Å². The third kappa shape index (κ3) is 4.11.